The number of nitrogens with zero attached hydrogens (tertiary/aromatic N) is 3. The van der Waals surface area contributed by atoms with E-state index in [0.29, 0.717) is 13.2 Å². The van der Waals surface area contributed by atoms with E-state index in [-0.39, 0.29) is 11.8 Å². The van der Waals surface area contributed by atoms with E-state index in [0.717, 1.165) is 35.1 Å². The van der Waals surface area contributed by atoms with Gasteiger partial charge in [0.05, 0.1) is 30.3 Å². The molecule has 1 fully saturated rings. The second-order valence-electron chi connectivity index (χ2n) is 8.80. The maximum Gasteiger partial charge on any atom is 0.238 e. The van der Waals surface area contributed by atoms with Crippen LogP contribution < -0.4 is 4.90 Å². The summed E-state index contributed by atoms with van der Waals surface area (Å²) in [5.74, 6) is 0.395. The van der Waals surface area contributed by atoms with E-state index in [1.807, 2.05) is 29.3 Å². The number of para-hydroxylation sites is 1. The summed E-state index contributed by atoms with van der Waals surface area (Å²) in [6, 6.07) is 25.2. The highest BCUT2D eigenvalue weighted by Gasteiger charge is 2.67. The average Bonchev–Trinajstić information content (AvgIpc) is 3.40. The molecule has 1 amide bonds. The highest BCUT2D eigenvalue weighted by Crippen LogP contribution is 2.66. The van der Waals surface area contributed by atoms with Crippen molar-refractivity contribution in [3.05, 3.63) is 95.7 Å². The van der Waals surface area contributed by atoms with E-state index in [1.54, 1.807) is 7.11 Å². The topological polar surface area (TPSA) is 47.4 Å². The number of carbonyl (C=O) groups excluding carboxylic acids is 1. The number of aromatic nitrogens is 2. The molecule has 0 N–H and O–H groups in total. The fourth-order valence-electron chi connectivity index (χ4n) is 5.34. The van der Waals surface area contributed by atoms with Gasteiger partial charge < -0.3 is 9.64 Å². The molecule has 1 aliphatic carbocycles. The van der Waals surface area contributed by atoms with Crippen LogP contribution in [-0.2, 0) is 21.5 Å². The molecule has 6 rings (SSSR count). The first kappa shape index (κ1) is 19.3. The van der Waals surface area contributed by atoms with Gasteiger partial charge in [-0.15, -0.1) is 0 Å². The minimum absolute atomic E-state index is 0.188. The number of amides is 1. The molecule has 3 aromatic carbocycles. The van der Waals surface area contributed by atoms with Crippen LogP contribution >= 0.6 is 0 Å². The monoisotopic (exact) mass is 423 g/mol. The molecular formula is C27H25N3O2. The number of rotatable bonds is 6. The van der Waals surface area contributed by atoms with Crippen molar-refractivity contribution in [3.63, 3.8) is 0 Å². The molecule has 1 aliphatic heterocycles. The predicted molar refractivity (Wildman–Crippen MR) is 125 cm³/mol. The van der Waals surface area contributed by atoms with Gasteiger partial charge in [-0.05, 0) is 35.2 Å². The van der Waals surface area contributed by atoms with Crippen molar-refractivity contribution in [2.45, 2.75) is 24.3 Å². The third-order valence-corrected chi connectivity index (χ3v) is 7.03. The summed E-state index contributed by atoms with van der Waals surface area (Å²) in [6.45, 7) is 1.85. The second-order valence-corrected chi connectivity index (χ2v) is 8.80. The Kier molecular flexibility index (Phi) is 4.40. The number of hydrogen-bond donors (Lipinski definition) is 0. The molecule has 2 aliphatic rings. The number of anilines is 1. The largest absolute Gasteiger partial charge is 0.383 e. The van der Waals surface area contributed by atoms with Gasteiger partial charge in [0.15, 0.2) is 0 Å². The van der Waals surface area contributed by atoms with Gasteiger partial charge in [0.1, 0.15) is 0 Å². The van der Waals surface area contributed by atoms with Crippen molar-refractivity contribution < 1.29 is 9.53 Å². The highest BCUT2D eigenvalue weighted by molar-refractivity contribution is 6.11. The van der Waals surface area contributed by atoms with Gasteiger partial charge >= 0.3 is 0 Å². The lowest BCUT2D eigenvalue weighted by Crippen LogP contribution is -2.35. The first-order chi connectivity index (χ1) is 15.7. The number of hydrogen-bond acceptors (Lipinski definition) is 3. The fraction of sp³-hybridized carbons (Fsp3) is 0.259. The van der Waals surface area contributed by atoms with E-state index < -0.39 is 5.41 Å². The molecule has 2 heterocycles. The number of methoxy groups -OCH3 is 1. The third kappa shape index (κ3) is 2.81. The molecule has 32 heavy (non-hydrogen) atoms. The zero-order valence-corrected chi connectivity index (χ0v) is 18.1. The Morgan fingerprint density at radius 3 is 2.72 bits per heavy atom. The standard InChI is InChI=1S/C27H25N3O2/c1-32-14-13-29-24-10-6-5-9-22(24)27(26(29)31)16-23(27)20-11-12-21-17-28-30(25(21)15-20)18-19-7-3-2-4-8-19/h2-12,15,17,23H,13-14,16,18H2,1H3/t23-,27-/m0/s1. The number of benzene rings is 3. The van der Waals surface area contributed by atoms with Gasteiger partial charge in [-0.1, -0.05) is 60.7 Å². The van der Waals surface area contributed by atoms with Crippen LogP contribution in [0.2, 0.25) is 0 Å². The summed E-state index contributed by atoms with van der Waals surface area (Å²) < 4.78 is 7.32. The van der Waals surface area contributed by atoms with E-state index in [4.69, 9.17) is 4.74 Å². The van der Waals surface area contributed by atoms with E-state index >= 15 is 0 Å². The van der Waals surface area contributed by atoms with Crippen LogP contribution in [0, 0.1) is 0 Å². The Hall–Kier alpha value is -3.44. The van der Waals surface area contributed by atoms with Crippen LogP contribution in [0.1, 0.15) is 29.0 Å². The smallest absolute Gasteiger partial charge is 0.238 e. The SMILES string of the molecule is COCCN1C(=O)[C@@]2(C[C@H]2c2ccc3cnn(Cc4ccccc4)c3c2)c2ccccc21. The van der Waals surface area contributed by atoms with Gasteiger partial charge in [-0.25, -0.2) is 0 Å². The summed E-state index contributed by atoms with van der Waals surface area (Å²) in [6.07, 6.45) is 2.78. The van der Waals surface area contributed by atoms with E-state index in [2.05, 4.69) is 64.4 Å². The van der Waals surface area contributed by atoms with Gasteiger partial charge in [0, 0.05) is 30.6 Å². The fourth-order valence-corrected chi connectivity index (χ4v) is 5.34. The molecule has 5 heteroatoms. The van der Waals surface area contributed by atoms with Crippen molar-refractivity contribution >= 4 is 22.5 Å². The zero-order chi connectivity index (χ0) is 21.7. The van der Waals surface area contributed by atoms with Crippen LogP contribution in [0.15, 0.2) is 79.0 Å². The summed E-state index contributed by atoms with van der Waals surface area (Å²) in [5.41, 5.74) is 5.30. The summed E-state index contributed by atoms with van der Waals surface area (Å²) in [4.78, 5) is 15.5. The van der Waals surface area contributed by atoms with Gasteiger partial charge in [0.2, 0.25) is 5.91 Å². The summed E-state index contributed by atoms with van der Waals surface area (Å²) in [7, 11) is 1.68. The Morgan fingerprint density at radius 1 is 1.06 bits per heavy atom. The van der Waals surface area contributed by atoms with Crippen molar-refractivity contribution in [3.8, 4) is 0 Å². The maximum absolute atomic E-state index is 13.6. The van der Waals surface area contributed by atoms with E-state index in [9.17, 15) is 4.79 Å². The highest BCUT2D eigenvalue weighted by atomic mass is 16.5. The van der Waals surface area contributed by atoms with Crippen molar-refractivity contribution in [2.24, 2.45) is 0 Å². The normalized spacial score (nSPS) is 21.5. The van der Waals surface area contributed by atoms with Gasteiger partial charge in [0.25, 0.3) is 0 Å². The minimum atomic E-state index is -0.442. The number of ether oxygens (including phenoxy) is 1. The molecule has 160 valence electrons. The molecule has 1 saturated carbocycles. The van der Waals surface area contributed by atoms with Crippen LogP contribution in [0.4, 0.5) is 5.69 Å². The molecule has 0 bridgehead atoms. The quantitative estimate of drug-likeness (QED) is 0.459. The molecule has 0 radical (unpaired) electrons. The van der Waals surface area contributed by atoms with Gasteiger partial charge in [-0.2, -0.15) is 5.10 Å². The lowest BCUT2D eigenvalue weighted by atomic mass is 9.92. The molecule has 2 atom stereocenters. The first-order valence-corrected chi connectivity index (χ1v) is 11.1. The molecule has 5 nitrogen and oxygen atoms in total. The van der Waals surface area contributed by atoms with Crippen LogP contribution in [-0.4, -0.2) is 35.9 Å². The lowest BCUT2D eigenvalue weighted by Gasteiger charge is -2.17. The molecule has 1 spiro atoms. The van der Waals surface area contributed by atoms with Crippen molar-refractivity contribution in [1.29, 1.82) is 0 Å². The van der Waals surface area contributed by atoms with E-state index in [1.165, 1.54) is 11.1 Å². The molecule has 0 saturated heterocycles. The second kappa shape index (κ2) is 7.31. The summed E-state index contributed by atoms with van der Waals surface area (Å²) in [5, 5.41) is 5.75. The zero-order valence-electron chi connectivity index (χ0n) is 18.1. The Morgan fingerprint density at radius 2 is 1.88 bits per heavy atom. The first-order valence-electron chi connectivity index (χ1n) is 11.1. The predicted octanol–water partition coefficient (Wildman–Crippen LogP) is 4.50. The van der Waals surface area contributed by atoms with Crippen molar-refractivity contribution in [1.82, 2.24) is 9.78 Å². The molecular weight excluding hydrogens is 398 g/mol. The molecule has 0 unspecified atom stereocenters. The van der Waals surface area contributed by atoms with Gasteiger partial charge in [-0.3, -0.25) is 9.48 Å². The minimum Gasteiger partial charge on any atom is -0.383 e. The Balaban J connectivity index is 1.36. The third-order valence-electron chi connectivity index (χ3n) is 7.03. The number of fused-ring (bicyclic) bond motifs is 3. The van der Waals surface area contributed by atoms with Crippen LogP contribution in [0.5, 0.6) is 0 Å². The maximum atomic E-state index is 13.6. The molecule has 1 aromatic heterocycles. The van der Waals surface area contributed by atoms with Crippen LogP contribution in [0.3, 0.4) is 0 Å². The Bertz CT molecular complexity index is 1310. The Labute approximate surface area is 187 Å². The molecule has 4 aromatic rings. The summed E-state index contributed by atoms with van der Waals surface area (Å²) >= 11 is 0. The lowest BCUT2D eigenvalue weighted by molar-refractivity contribution is -0.120. The average molecular weight is 424 g/mol. The van der Waals surface area contributed by atoms with Crippen LogP contribution in [0.25, 0.3) is 10.9 Å². The number of carbonyl (C=O) groups is 1. The van der Waals surface area contributed by atoms with Crippen molar-refractivity contribution in [2.75, 3.05) is 25.2 Å².